The largest absolute Gasteiger partial charge is 0.351 e. The van der Waals surface area contributed by atoms with Crippen molar-refractivity contribution in [1.29, 1.82) is 0 Å². The zero-order valence-electron chi connectivity index (χ0n) is 12.5. The predicted octanol–water partition coefficient (Wildman–Crippen LogP) is 3.68. The van der Waals surface area contributed by atoms with Crippen LogP contribution in [0.1, 0.15) is 36.2 Å². The SMILES string of the molecule is CN(CC1CC2CCC1C2)C(=O)c1cc2ccccc2[nH]1. The Morgan fingerprint density at radius 3 is 2.86 bits per heavy atom. The lowest BCUT2D eigenvalue weighted by atomic mass is 9.88. The average molecular weight is 282 g/mol. The third kappa shape index (κ3) is 2.25. The van der Waals surface area contributed by atoms with Crippen molar-refractivity contribution < 1.29 is 4.79 Å². The molecule has 2 fully saturated rings. The second-order valence-corrected chi connectivity index (χ2v) is 6.89. The van der Waals surface area contributed by atoms with Gasteiger partial charge in [0.25, 0.3) is 5.91 Å². The Hall–Kier alpha value is -1.77. The molecule has 0 aliphatic heterocycles. The number of nitrogens with one attached hydrogen (secondary N) is 1. The summed E-state index contributed by atoms with van der Waals surface area (Å²) in [5.74, 6) is 2.65. The molecule has 0 saturated heterocycles. The van der Waals surface area contributed by atoms with Gasteiger partial charge in [-0.05, 0) is 49.1 Å². The lowest BCUT2D eigenvalue weighted by Crippen LogP contribution is -2.33. The Kier molecular flexibility index (Phi) is 3.02. The van der Waals surface area contributed by atoms with E-state index in [1.54, 1.807) is 0 Å². The first-order valence-corrected chi connectivity index (χ1v) is 8.04. The summed E-state index contributed by atoms with van der Waals surface area (Å²) in [6.45, 7) is 0.912. The first kappa shape index (κ1) is 12.9. The Balaban J connectivity index is 1.48. The van der Waals surface area contributed by atoms with Gasteiger partial charge in [0.2, 0.25) is 0 Å². The molecule has 3 atom stereocenters. The predicted molar refractivity (Wildman–Crippen MR) is 84.2 cm³/mol. The van der Waals surface area contributed by atoms with Crippen LogP contribution in [0, 0.1) is 17.8 Å². The summed E-state index contributed by atoms with van der Waals surface area (Å²) in [5, 5.41) is 1.11. The maximum absolute atomic E-state index is 12.6. The number of para-hydroxylation sites is 1. The Morgan fingerprint density at radius 1 is 1.29 bits per heavy atom. The minimum Gasteiger partial charge on any atom is -0.351 e. The van der Waals surface area contributed by atoms with E-state index < -0.39 is 0 Å². The van der Waals surface area contributed by atoms with Crippen LogP contribution in [0.15, 0.2) is 30.3 Å². The lowest BCUT2D eigenvalue weighted by molar-refractivity contribution is 0.0749. The molecule has 3 unspecified atom stereocenters. The van der Waals surface area contributed by atoms with E-state index in [2.05, 4.69) is 4.98 Å². The third-order valence-electron chi connectivity index (χ3n) is 5.50. The van der Waals surface area contributed by atoms with Gasteiger partial charge in [-0.25, -0.2) is 0 Å². The molecule has 4 rings (SSSR count). The number of rotatable bonds is 3. The topological polar surface area (TPSA) is 36.1 Å². The smallest absolute Gasteiger partial charge is 0.270 e. The first-order valence-electron chi connectivity index (χ1n) is 8.04. The highest BCUT2D eigenvalue weighted by Gasteiger charge is 2.40. The molecule has 2 aliphatic carbocycles. The molecule has 2 aromatic rings. The zero-order valence-corrected chi connectivity index (χ0v) is 12.5. The number of hydrogen-bond acceptors (Lipinski definition) is 1. The maximum Gasteiger partial charge on any atom is 0.270 e. The van der Waals surface area contributed by atoms with Crippen molar-refractivity contribution in [2.24, 2.45) is 17.8 Å². The van der Waals surface area contributed by atoms with Crippen molar-refractivity contribution in [1.82, 2.24) is 9.88 Å². The van der Waals surface area contributed by atoms with Crippen LogP contribution >= 0.6 is 0 Å². The quantitative estimate of drug-likeness (QED) is 0.916. The number of fused-ring (bicyclic) bond motifs is 3. The van der Waals surface area contributed by atoms with E-state index in [9.17, 15) is 4.79 Å². The highest BCUT2D eigenvalue weighted by molar-refractivity contribution is 5.97. The van der Waals surface area contributed by atoms with E-state index in [-0.39, 0.29) is 5.91 Å². The van der Waals surface area contributed by atoms with Crippen molar-refractivity contribution in [3.8, 4) is 0 Å². The summed E-state index contributed by atoms with van der Waals surface area (Å²) >= 11 is 0. The molecular weight excluding hydrogens is 260 g/mol. The summed E-state index contributed by atoms with van der Waals surface area (Å²) in [5.41, 5.74) is 1.75. The van der Waals surface area contributed by atoms with Crippen molar-refractivity contribution in [2.75, 3.05) is 13.6 Å². The number of nitrogens with zero attached hydrogens (tertiary/aromatic N) is 1. The normalized spacial score (nSPS) is 27.4. The molecule has 1 aromatic heterocycles. The van der Waals surface area contributed by atoms with Crippen LogP contribution in [-0.4, -0.2) is 29.4 Å². The van der Waals surface area contributed by atoms with Gasteiger partial charge >= 0.3 is 0 Å². The summed E-state index contributed by atoms with van der Waals surface area (Å²) in [6, 6.07) is 10.0. The number of H-pyrrole nitrogens is 1. The Bertz CT molecular complexity index is 642. The maximum atomic E-state index is 12.6. The molecule has 1 N–H and O–H groups in total. The summed E-state index contributed by atoms with van der Waals surface area (Å²) in [7, 11) is 1.94. The average Bonchev–Trinajstić information content (AvgIpc) is 3.20. The van der Waals surface area contributed by atoms with Crippen LogP contribution in [0.4, 0.5) is 0 Å². The van der Waals surface area contributed by atoms with Gasteiger partial charge in [-0.1, -0.05) is 24.6 Å². The fourth-order valence-corrected chi connectivity index (χ4v) is 4.43. The molecule has 1 aromatic carbocycles. The molecule has 2 bridgehead atoms. The molecule has 21 heavy (non-hydrogen) atoms. The minimum absolute atomic E-state index is 0.119. The lowest BCUT2D eigenvalue weighted by Gasteiger charge is -2.27. The Morgan fingerprint density at radius 2 is 2.14 bits per heavy atom. The van der Waals surface area contributed by atoms with Gasteiger partial charge in [-0.3, -0.25) is 4.79 Å². The van der Waals surface area contributed by atoms with E-state index in [0.717, 1.165) is 35.2 Å². The van der Waals surface area contributed by atoms with E-state index in [1.807, 2.05) is 42.3 Å². The van der Waals surface area contributed by atoms with Crippen LogP contribution in [-0.2, 0) is 0 Å². The minimum atomic E-state index is 0.119. The van der Waals surface area contributed by atoms with Gasteiger partial charge in [0.05, 0.1) is 0 Å². The van der Waals surface area contributed by atoms with Crippen LogP contribution < -0.4 is 0 Å². The second kappa shape index (κ2) is 4.90. The molecule has 110 valence electrons. The van der Waals surface area contributed by atoms with Crippen LogP contribution in [0.2, 0.25) is 0 Å². The molecule has 2 aliphatic rings. The van der Waals surface area contributed by atoms with E-state index in [0.29, 0.717) is 5.69 Å². The zero-order chi connectivity index (χ0) is 14.4. The fourth-order valence-electron chi connectivity index (χ4n) is 4.43. The number of aromatic nitrogens is 1. The van der Waals surface area contributed by atoms with E-state index in [1.165, 1.54) is 25.7 Å². The number of aromatic amines is 1. The number of benzene rings is 1. The number of amides is 1. The van der Waals surface area contributed by atoms with Crippen LogP contribution in [0.3, 0.4) is 0 Å². The van der Waals surface area contributed by atoms with Crippen molar-refractivity contribution in [3.05, 3.63) is 36.0 Å². The molecule has 0 spiro atoms. The second-order valence-electron chi connectivity index (χ2n) is 6.89. The highest BCUT2D eigenvalue weighted by Crippen LogP contribution is 2.48. The first-order chi connectivity index (χ1) is 10.2. The Labute approximate surface area is 125 Å². The molecule has 1 heterocycles. The van der Waals surface area contributed by atoms with E-state index >= 15 is 0 Å². The summed E-state index contributed by atoms with van der Waals surface area (Å²) in [4.78, 5) is 17.8. The van der Waals surface area contributed by atoms with Gasteiger partial charge in [-0.2, -0.15) is 0 Å². The summed E-state index contributed by atoms with van der Waals surface area (Å²) in [6.07, 6.45) is 5.53. The highest BCUT2D eigenvalue weighted by atomic mass is 16.2. The third-order valence-corrected chi connectivity index (χ3v) is 5.50. The number of hydrogen-bond donors (Lipinski definition) is 1. The van der Waals surface area contributed by atoms with Crippen LogP contribution in [0.25, 0.3) is 10.9 Å². The molecule has 3 heteroatoms. The molecule has 0 radical (unpaired) electrons. The van der Waals surface area contributed by atoms with Crippen LogP contribution in [0.5, 0.6) is 0 Å². The molecular formula is C18H22N2O. The van der Waals surface area contributed by atoms with Gasteiger partial charge < -0.3 is 9.88 Å². The van der Waals surface area contributed by atoms with E-state index in [4.69, 9.17) is 0 Å². The fraction of sp³-hybridized carbons (Fsp3) is 0.500. The molecule has 1 amide bonds. The molecule has 2 saturated carbocycles. The van der Waals surface area contributed by atoms with Gasteiger partial charge in [0.15, 0.2) is 0 Å². The van der Waals surface area contributed by atoms with Crippen molar-refractivity contribution >= 4 is 16.8 Å². The standard InChI is InChI=1S/C18H22N2O/c1-20(11-15-9-12-6-7-13(15)8-12)18(21)17-10-14-4-2-3-5-16(14)19-17/h2-5,10,12-13,15,19H,6-9,11H2,1H3. The van der Waals surface area contributed by atoms with Crippen molar-refractivity contribution in [2.45, 2.75) is 25.7 Å². The summed E-state index contributed by atoms with van der Waals surface area (Å²) < 4.78 is 0. The van der Waals surface area contributed by atoms with Crippen molar-refractivity contribution in [3.63, 3.8) is 0 Å². The van der Waals surface area contributed by atoms with Gasteiger partial charge in [0.1, 0.15) is 5.69 Å². The monoisotopic (exact) mass is 282 g/mol. The van der Waals surface area contributed by atoms with Gasteiger partial charge in [0, 0.05) is 24.5 Å². The van der Waals surface area contributed by atoms with Gasteiger partial charge in [-0.15, -0.1) is 0 Å². The number of carbonyl (C=O) groups is 1. The number of carbonyl (C=O) groups excluding carboxylic acids is 1. The molecule has 3 nitrogen and oxygen atoms in total.